The van der Waals surface area contributed by atoms with Crippen molar-refractivity contribution in [3.63, 3.8) is 0 Å². The SMILES string of the molecule is CCN(c1cccc(C)c1)c1nccc(C(=O)NCCCc2ccccc2)n1. The molecule has 2 aromatic carbocycles. The first-order chi connectivity index (χ1) is 13.7. The molecular weight excluding hydrogens is 348 g/mol. The molecule has 5 heteroatoms. The lowest BCUT2D eigenvalue weighted by molar-refractivity contribution is 0.0948. The highest BCUT2D eigenvalue weighted by Gasteiger charge is 2.14. The molecule has 0 aliphatic rings. The Bertz CT molecular complexity index is 911. The van der Waals surface area contributed by atoms with Crippen LogP contribution in [-0.4, -0.2) is 29.0 Å². The summed E-state index contributed by atoms with van der Waals surface area (Å²) in [7, 11) is 0. The summed E-state index contributed by atoms with van der Waals surface area (Å²) in [4.78, 5) is 23.3. The zero-order valence-electron chi connectivity index (χ0n) is 16.4. The van der Waals surface area contributed by atoms with Gasteiger partial charge in [0, 0.05) is 25.0 Å². The van der Waals surface area contributed by atoms with Crippen molar-refractivity contribution in [2.24, 2.45) is 0 Å². The van der Waals surface area contributed by atoms with Crippen LogP contribution in [0, 0.1) is 6.92 Å². The second-order valence-electron chi connectivity index (χ2n) is 6.67. The van der Waals surface area contributed by atoms with Gasteiger partial charge in [0.2, 0.25) is 5.95 Å². The van der Waals surface area contributed by atoms with Crippen molar-refractivity contribution < 1.29 is 4.79 Å². The Labute approximate surface area is 166 Å². The van der Waals surface area contributed by atoms with Crippen LogP contribution in [0.2, 0.25) is 0 Å². The highest BCUT2D eigenvalue weighted by atomic mass is 16.1. The molecule has 1 N–H and O–H groups in total. The van der Waals surface area contributed by atoms with Gasteiger partial charge in [-0.05, 0) is 56.0 Å². The lowest BCUT2D eigenvalue weighted by Crippen LogP contribution is -2.27. The van der Waals surface area contributed by atoms with Gasteiger partial charge in [-0.2, -0.15) is 0 Å². The number of nitrogens with zero attached hydrogens (tertiary/aromatic N) is 3. The number of benzene rings is 2. The first kappa shape index (κ1) is 19.5. The van der Waals surface area contributed by atoms with E-state index in [0.29, 0.717) is 24.7 Å². The van der Waals surface area contributed by atoms with Gasteiger partial charge in [-0.1, -0.05) is 42.5 Å². The highest BCUT2D eigenvalue weighted by Crippen LogP contribution is 2.22. The van der Waals surface area contributed by atoms with Crippen molar-refractivity contribution in [2.75, 3.05) is 18.0 Å². The Balaban J connectivity index is 1.62. The van der Waals surface area contributed by atoms with Gasteiger partial charge in [0.05, 0.1) is 0 Å². The minimum Gasteiger partial charge on any atom is -0.351 e. The fourth-order valence-corrected chi connectivity index (χ4v) is 3.07. The molecule has 144 valence electrons. The maximum absolute atomic E-state index is 12.5. The van der Waals surface area contributed by atoms with Crippen molar-refractivity contribution in [2.45, 2.75) is 26.7 Å². The first-order valence-corrected chi connectivity index (χ1v) is 9.66. The number of amides is 1. The normalized spacial score (nSPS) is 10.5. The number of carbonyl (C=O) groups is 1. The van der Waals surface area contributed by atoms with Gasteiger partial charge in [-0.25, -0.2) is 9.97 Å². The molecule has 0 spiro atoms. The molecule has 3 aromatic rings. The average Bonchev–Trinajstić information content (AvgIpc) is 2.73. The molecule has 0 radical (unpaired) electrons. The summed E-state index contributed by atoms with van der Waals surface area (Å²) in [5.41, 5.74) is 3.85. The summed E-state index contributed by atoms with van der Waals surface area (Å²) in [6.45, 7) is 5.42. The number of anilines is 2. The molecule has 0 aliphatic carbocycles. The van der Waals surface area contributed by atoms with E-state index < -0.39 is 0 Å². The van der Waals surface area contributed by atoms with Gasteiger partial charge in [-0.3, -0.25) is 4.79 Å². The Morgan fingerprint density at radius 1 is 1.07 bits per heavy atom. The first-order valence-electron chi connectivity index (χ1n) is 9.66. The molecule has 0 aliphatic heterocycles. The molecule has 0 unspecified atom stereocenters. The van der Waals surface area contributed by atoms with Crippen LogP contribution >= 0.6 is 0 Å². The van der Waals surface area contributed by atoms with Crippen molar-refractivity contribution in [1.82, 2.24) is 15.3 Å². The zero-order chi connectivity index (χ0) is 19.8. The predicted molar refractivity (Wildman–Crippen MR) is 113 cm³/mol. The third-order valence-corrected chi connectivity index (χ3v) is 4.52. The second-order valence-corrected chi connectivity index (χ2v) is 6.67. The molecule has 0 bridgehead atoms. The fourth-order valence-electron chi connectivity index (χ4n) is 3.07. The maximum Gasteiger partial charge on any atom is 0.270 e. The molecule has 0 saturated carbocycles. The van der Waals surface area contributed by atoms with Crippen molar-refractivity contribution in [1.29, 1.82) is 0 Å². The minimum absolute atomic E-state index is 0.169. The largest absolute Gasteiger partial charge is 0.351 e. The number of nitrogens with one attached hydrogen (secondary N) is 1. The van der Waals surface area contributed by atoms with E-state index in [4.69, 9.17) is 0 Å². The molecule has 1 heterocycles. The third-order valence-electron chi connectivity index (χ3n) is 4.52. The van der Waals surface area contributed by atoms with E-state index in [-0.39, 0.29) is 5.91 Å². The maximum atomic E-state index is 12.5. The van der Waals surface area contributed by atoms with E-state index in [0.717, 1.165) is 18.5 Å². The minimum atomic E-state index is -0.169. The molecule has 3 rings (SSSR count). The number of aromatic nitrogens is 2. The summed E-state index contributed by atoms with van der Waals surface area (Å²) >= 11 is 0. The molecule has 1 aromatic heterocycles. The summed E-state index contributed by atoms with van der Waals surface area (Å²) in [6.07, 6.45) is 3.46. The monoisotopic (exact) mass is 374 g/mol. The molecule has 5 nitrogen and oxygen atoms in total. The van der Waals surface area contributed by atoms with E-state index in [1.54, 1.807) is 12.3 Å². The standard InChI is InChI=1S/C23H26N4O/c1-3-27(20-13-7-9-18(2)17-20)23-25-16-14-21(26-23)22(28)24-15-8-12-19-10-5-4-6-11-19/h4-7,9-11,13-14,16-17H,3,8,12,15H2,1-2H3,(H,24,28). The van der Waals surface area contributed by atoms with Gasteiger partial charge in [-0.15, -0.1) is 0 Å². The van der Waals surface area contributed by atoms with Crippen LogP contribution in [0.15, 0.2) is 66.9 Å². The molecule has 0 fully saturated rings. The lowest BCUT2D eigenvalue weighted by Gasteiger charge is -2.21. The van der Waals surface area contributed by atoms with Gasteiger partial charge >= 0.3 is 0 Å². The Morgan fingerprint density at radius 2 is 1.89 bits per heavy atom. The fraction of sp³-hybridized carbons (Fsp3) is 0.261. The smallest absolute Gasteiger partial charge is 0.270 e. The summed E-state index contributed by atoms with van der Waals surface area (Å²) in [5, 5.41) is 2.95. The van der Waals surface area contributed by atoms with Crippen LogP contribution in [0.1, 0.15) is 35.0 Å². The summed E-state index contributed by atoms with van der Waals surface area (Å²) in [6, 6.07) is 20.1. The van der Waals surface area contributed by atoms with Crippen LogP contribution in [0.3, 0.4) is 0 Å². The van der Waals surface area contributed by atoms with Gasteiger partial charge in [0.15, 0.2) is 0 Å². The zero-order valence-corrected chi connectivity index (χ0v) is 16.4. The predicted octanol–water partition coefficient (Wildman–Crippen LogP) is 4.31. The molecule has 28 heavy (non-hydrogen) atoms. The second kappa shape index (κ2) is 9.65. The van der Waals surface area contributed by atoms with Crippen molar-refractivity contribution >= 4 is 17.5 Å². The number of aryl methyl sites for hydroxylation is 2. The van der Waals surface area contributed by atoms with E-state index in [9.17, 15) is 4.79 Å². The molecule has 1 amide bonds. The van der Waals surface area contributed by atoms with Gasteiger partial charge in [0.1, 0.15) is 5.69 Å². The topological polar surface area (TPSA) is 58.1 Å². The molecular formula is C23H26N4O. The number of rotatable bonds is 8. The van der Waals surface area contributed by atoms with Crippen molar-refractivity contribution in [3.8, 4) is 0 Å². The molecule has 0 atom stereocenters. The Hall–Kier alpha value is -3.21. The Kier molecular flexibility index (Phi) is 6.73. The number of carbonyl (C=O) groups excluding carboxylic acids is 1. The third kappa shape index (κ3) is 5.16. The summed E-state index contributed by atoms with van der Waals surface area (Å²) < 4.78 is 0. The average molecular weight is 374 g/mol. The van der Waals surface area contributed by atoms with E-state index in [2.05, 4.69) is 46.5 Å². The number of hydrogen-bond donors (Lipinski definition) is 1. The van der Waals surface area contributed by atoms with Crippen molar-refractivity contribution in [3.05, 3.63) is 83.7 Å². The quantitative estimate of drug-likeness (QED) is 0.597. The van der Waals surface area contributed by atoms with E-state index >= 15 is 0 Å². The van der Waals surface area contributed by atoms with Crippen LogP contribution in [0.4, 0.5) is 11.6 Å². The molecule has 0 saturated heterocycles. The van der Waals surface area contributed by atoms with Gasteiger partial charge < -0.3 is 10.2 Å². The Morgan fingerprint density at radius 3 is 2.64 bits per heavy atom. The number of hydrogen-bond acceptors (Lipinski definition) is 4. The van der Waals surface area contributed by atoms with Gasteiger partial charge in [0.25, 0.3) is 5.91 Å². The van der Waals surface area contributed by atoms with E-state index in [1.165, 1.54) is 11.1 Å². The summed E-state index contributed by atoms with van der Waals surface area (Å²) in [5.74, 6) is 0.363. The highest BCUT2D eigenvalue weighted by molar-refractivity contribution is 5.92. The van der Waals surface area contributed by atoms with E-state index in [1.807, 2.05) is 42.2 Å². The lowest BCUT2D eigenvalue weighted by atomic mass is 10.1. The van der Waals surface area contributed by atoms with Crippen LogP contribution < -0.4 is 10.2 Å². The van der Waals surface area contributed by atoms with Crippen LogP contribution in [0.25, 0.3) is 0 Å². The van der Waals surface area contributed by atoms with Crippen LogP contribution in [0.5, 0.6) is 0 Å². The van der Waals surface area contributed by atoms with Crippen LogP contribution in [-0.2, 0) is 6.42 Å².